The minimum absolute atomic E-state index is 0. The molecule has 0 N–H and O–H groups in total. The maximum atomic E-state index is 12.2. The van der Waals surface area contributed by atoms with Crippen molar-refractivity contribution in [3.8, 4) is 5.75 Å². The molecule has 12 heavy (non-hydrogen) atoms. The summed E-state index contributed by atoms with van der Waals surface area (Å²) in [5.41, 5.74) is -0.605. The van der Waals surface area contributed by atoms with Gasteiger partial charge >= 0.3 is 51.4 Å². The molecule has 0 bridgehead atoms. The van der Waals surface area contributed by atoms with E-state index in [0.29, 0.717) is 6.07 Å². The van der Waals surface area contributed by atoms with Crippen LogP contribution in [0.15, 0.2) is 18.2 Å². The second kappa shape index (κ2) is 4.88. The molecule has 0 heterocycles. The van der Waals surface area contributed by atoms with E-state index in [1.807, 2.05) is 0 Å². The summed E-state index contributed by atoms with van der Waals surface area (Å²) in [6, 6.07) is 2.30. The zero-order valence-corrected chi connectivity index (χ0v) is 9.41. The van der Waals surface area contributed by atoms with Gasteiger partial charge in [0.05, 0.1) is 4.92 Å². The number of hydrogen-bond acceptors (Lipinski definition) is 3. The number of benzene rings is 1. The van der Waals surface area contributed by atoms with E-state index < -0.39 is 22.2 Å². The van der Waals surface area contributed by atoms with Gasteiger partial charge in [-0.05, 0) is 17.9 Å². The third kappa shape index (κ3) is 2.79. The summed E-state index contributed by atoms with van der Waals surface area (Å²) in [4.78, 5) is 9.17. The molecule has 4 nitrogen and oxygen atoms in total. The molecule has 0 aromatic heterocycles. The Bertz CT molecular complexity index is 305. The molecule has 1 aromatic carbocycles. The SMILES string of the molecule is O=[N+]([O-])c1ccc(F)cc1[O-].[K+]. The van der Waals surface area contributed by atoms with Crippen molar-refractivity contribution in [1.82, 2.24) is 0 Å². The van der Waals surface area contributed by atoms with Gasteiger partial charge in [0, 0.05) is 6.07 Å². The summed E-state index contributed by atoms with van der Waals surface area (Å²) in [7, 11) is 0. The van der Waals surface area contributed by atoms with Gasteiger partial charge in [-0.15, -0.1) is 0 Å². The van der Waals surface area contributed by atoms with E-state index >= 15 is 0 Å². The van der Waals surface area contributed by atoms with E-state index in [1.165, 1.54) is 0 Å². The van der Waals surface area contributed by atoms with E-state index in [-0.39, 0.29) is 51.4 Å². The van der Waals surface area contributed by atoms with Gasteiger partial charge in [-0.1, -0.05) is 0 Å². The number of hydrogen-bond donors (Lipinski definition) is 0. The minimum atomic E-state index is -0.907. The maximum absolute atomic E-state index is 12.2. The van der Waals surface area contributed by atoms with Crippen LogP contribution in [0.2, 0.25) is 0 Å². The quantitative estimate of drug-likeness (QED) is 0.290. The molecule has 0 amide bonds. The molecule has 0 unspecified atom stereocenters. The van der Waals surface area contributed by atoms with Crippen LogP contribution in [0.1, 0.15) is 0 Å². The van der Waals surface area contributed by atoms with Gasteiger partial charge in [0.15, 0.2) is 0 Å². The molecule has 0 atom stereocenters. The van der Waals surface area contributed by atoms with Crippen LogP contribution < -0.4 is 56.5 Å². The molecule has 6 heteroatoms. The van der Waals surface area contributed by atoms with Crippen molar-refractivity contribution in [2.45, 2.75) is 0 Å². The van der Waals surface area contributed by atoms with Gasteiger partial charge in [-0.3, -0.25) is 10.1 Å². The number of nitrogens with zero attached hydrogens (tertiary/aromatic N) is 1. The fourth-order valence-corrected chi connectivity index (χ4v) is 0.639. The molecule has 0 radical (unpaired) electrons. The van der Waals surface area contributed by atoms with Crippen molar-refractivity contribution in [2.75, 3.05) is 0 Å². The van der Waals surface area contributed by atoms with Crippen molar-refractivity contribution in [1.29, 1.82) is 0 Å². The Morgan fingerprint density at radius 1 is 1.42 bits per heavy atom. The van der Waals surface area contributed by atoms with E-state index in [4.69, 9.17) is 0 Å². The fraction of sp³-hybridized carbons (Fsp3) is 0. The van der Waals surface area contributed by atoms with Crippen LogP contribution in [0.3, 0.4) is 0 Å². The first-order valence-corrected chi connectivity index (χ1v) is 2.72. The number of nitro groups is 1. The van der Waals surface area contributed by atoms with Gasteiger partial charge in [-0.25, -0.2) is 4.39 Å². The predicted molar refractivity (Wildman–Crippen MR) is 32.5 cm³/mol. The minimum Gasteiger partial charge on any atom is -0.868 e. The summed E-state index contributed by atoms with van der Waals surface area (Å²) in [6.07, 6.45) is 0. The topological polar surface area (TPSA) is 66.2 Å². The summed E-state index contributed by atoms with van der Waals surface area (Å²) >= 11 is 0. The molecule has 0 aliphatic carbocycles. The molecule has 0 fully saturated rings. The molecule has 1 aromatic rings. The number of nitro benzene ring substituents is 1. The number of rotatable bonds is 1. The Balaban J connectivity index is 0.00000121. The van der Waals surface area contributed by atoms with Crippen LogP contribution in [0.4, 0.5) is 10.1 Å². The summed E-state index contributed by atoms with van der Waals surface area (Å²) in [6.45, 7) is 0. The van der Waals surface area contributed by atoms with Gasteiger partial charge in [-0.2, -0.15) is 0 Å². The third-order valence-corrected chi connectivity index (χ3v) is 1.12. The average Bonchev–Trinajstić information content (AvgIpc) is 1.85. The first-order chi connectivity index (χ1) is 5.11. The molecular weight excluding hydrogens is 192 g/mol. The molecule has 0 spiro atoms. The Kier molecular flexibility index (Phi) is 4.87. The standard InChI is InChI=1S/C6H4FNO3.K/c7-4-1-2-5(8(10)11)6(9)3-4;/h1-3,9H;/q;+1/p-1. The van der Waals surface area contributed by atoms with E-state index in [9.17, 15) is 19.6 Å². The summed E-state index contributed by atoms with van der Waals surface area (Å²) in [5.74, 6) is -1.67. The Morgan fingerprint density at radius 2 is 2.00 bits per heavy atom. The van der Waals surface area contributed by atoms with Crippen molar-refractivity contribution >= 4 is 5.69 Å². The summed E-state index contributed by atoms with van der Waals surface area (Å²) < 4.78 is 12.2. The Morgan fingerprint density at radius 3 is 2.42 bits per heavy atom. The van der Waals surface area contributed by atoms with E-state index in [2.05, 4.69) is 0 Å². The van der Waals surface area contributed by atoms with Crippen molar-refractivity contribution in [3.05, 3.63) is 34.1 Å². The zero-order chi connectivity index (χ0) is 8.43. The van der Waals surface area contributed by atoms with Gasteiger partial charge in [0.25, 0.3) is 5.69 Å². The summed E-state index contributed by atoms with van der Waals surface area (Å²) in [5, 5.41) is 20.6. The smallest absolute Gasteiger partial charge is 0.868 e. The molecule has 0 saturated carbocycles. The largest absolute Gasteiger partial charge is 1.00 e. The molecular formula is C6H3FKNO3. The second-order valence-electron chi connectivity index (χ2n) is 1.87. The van der Waals surface area contributed by atoms with Crippen LogP contribution in [0.25, 0.3) is 0 Å². The monoisotopic (exact) mass is 195 g/mol. The molecule has 0 aliphatic rings. The Hall–Kier alpha value is -0.0136. The first-order valence-electron chi connectivity index (χ1n) is 2.72. The van der Waals surface area contributed by atoms with Gasteiger partial charge in [0.2, 0.25) is 0 Å². The Labute approximate surface area is 110 Å². The third-order valence-electron chi connectivity index (χ3n) is 1.12. The molecule has 0 saturated heterocycles. The van der Waals surface area contributed by atoms with Crippen LogP contribution in [-0.2, 0) is 0 Å². The van der Waals surface area contributed by atoms with Gasteiger partial charge in [0.1, 0.15) is 5.82 Å². The number of halogens is 1. The second-order valence-corrected chi connectivity index (χ2v) is 1.87. The van der Waals surface area contributed by atoms with Crippen LogP contribution >= 0.6 is 0 Å². The normalized spacial score (nSPS) is 8.75. The van der Waals surface area contributed by atoms with Gasteiger partial charge < -0.3 is 5.11 Å². The van der Waals surface area contributed by atoms with Crippen molar-refractivity contribution in [2.24, 2.45) is 0 Å². The molecule has 1 rings (SSSR count). The zero-order valence-electron chi connectivity index (χ0n) is 6.28. The van der Waals surface area contributed by atoms with E-state index in [0.717, 1.165) is 12.1 Å². The van der Waals surface area contributed by atoms with Crippen LogP contribution in [-0.4, -0.2) is 4.92 Å². The maximum Gasteiger partial charge on any atom is 1.00 e. The van der Waals surface area contributed by atoms with Crippen LogP contribution in [0, 0.1) is 15.9 Å². The van der Waals surface area contributed by atoms with Crippen molar-refractivity contribution < 1.29 is 65.8 Å². The van der Waals surface area contributed by atoms with Crippen molar-refractivity contribution in [3.63, 3.8) is 0 Å². The van der Waals surface area contributed by atoms with Crippen LogP contribution in [0.5, 0.6) is 5.75 Å². The average molecular weight is 195 g/mol. The fourth-order valence-electron chi connectivity index (χ4n) is 0.639. The first kappa shape index (κ1) is 12.0. The predicted octanol–water partition coefficient (Wildman–Crippen LogP) is -2.19. The molecule has 0 aliphatic heterocycles. The molecule has 58 valence electrons. The van der Waals surface area contributed by atoms with E-state index in [1.54, 1.807) is 0 Å².